The van der Waals surface area contributed by atoms with Crippen LogP contribution in [0.25, 0.3) is 0 Å². The number of aryl methyl sites for hydroxylation is 2. The molecule has 1 aliphatic heterocycles. The third-order valence-electron chi connectivity index (χ3n) is 5.06. The third-order valence-corrected chi connectivity index (χ3v) is 5.06. The van der Waals surface area contributed by atoms with Gasteiger partial charge in [-0.05, 0) is 66.6 Å². The first kappa shape index (κ1) is 18.2. The summed E-state index contributed by atoms with van der Waals surface area (Å²) in [6.07, 6.45) is 6.50. The van der Waals surface area contributed by atoms with E-state index < -0.39 is 0 Å². The van der Waals surface area contributed by atoms with E-state index in [1.165, 1.54) is 16.7 Å². The van der Waals surface area contributed by atoms with Gasteiger partial charge in [0.05, 0.1) is 13.2 Å². The molecule has 26 heavy (non-hydrogen) atoms. The Morgan fingerprint density at radius 2 is 2.19 bits per heavy atom. The highest BCUT2D eigenvalue weighted by atomic mass is 16.5. The zero-order valence-electron chi connectivity index (χ0n) is 15.8. The van der Waals surface area contributed by atoms with Gasteiger partial charge in [0.25, 0.3) is 0 Å². The van der Waals surface area contributed by atoms with E-state index in [1.807, 2.05) is 30.2 Å². The van der Waals surface area contributed by atoms with Gasteiger partial charge in [0.1, 0.15) is 5.75 Å². The van der Waals surface area contributed by atoms with Crippen molar-refractivity contribution in [3.8, 4) is 5.75 Å². The lowest BCUT2D eigenvalue weighted by atomic mass is 10.0. The lowest BCUT2D eigenvalue weighted by Gasteiger charge is -2.25. The van der Waals surface area contributed by atoms with E-state index >= 15 is 0 Å². The van der Waals surface area contributed by atoms with Crippen LogP contribution < -0.4 is 10.1 Å². The first-order chi connectivity index (χ1) is 12.6. The lowest BCUT2D eigenvalue weighted by Crippen LogP contribution is -2.40. The van der Waals surface area contributed by atoms with E-state index in [1.54, 1.807) is 13.3 Å². The van der Waals surface area contributed by atoms with Gasteiger partial charge >= 0.3 is 6.03 Å². The van der Waals surface area contributed by atoms with Crippen LogP contribution in [-0.2, 0) is 19.4 Å². The van der Waals surface area contributed by atoms with Crippen LogP contribution in [0, 0.1) is 0 Å². The van der Waals surface area contributed by atoms with Gasteiger partial charge in [-0.25, -0.2) is 4.79 Å². The summed E-state index contributed by atoms with van der Waals surface area (Å²) in [6, 6.07) is 8.06. The molecular formula is C21H27N3O2. The molecule has 2 amide bonds. The number of nitrogens with one attached hydrogen (secondary N) is 1. The van der Waals surface area contributed by atoms with Crippen molar-refractivity contribution in [2.45, 2.75) is 45.7 Å². The van der Waals surface area contributed by atoms with Crippen molar-refractivity contribution < 1.29 is 9.53 Å². The van der Waals surface area contributed by atoms with Gasteiger partial charge in [-0.1, -0.05) is 13.0 Å². The summed E-state index contributed by atoms with van der Waals surface area (Å²) in [5, 5.41) is 3.16. The van der Waals surface area contributed by atoms with Gasteiger partial charge in [-0.15, -0.1) is 0 Å². The highest BCUT2D eigenvalue weighted by Gasteiger charge is 2.21. The number of carbonyl (C=O) groups excluding carboxylic acids is 1. The predicted molar refractivity (Wildman–Crippen MR) is 102 cm³/mol. The Bertz CT molecular complexity index is 776. The average molecular weight is 353 g/mol. The smallest absolute Gasteiger partial charge is 0.318 e. The second kappa shape index (κ2) is 8.21. The number of methoxy groups -OCH3 is 1. The maximum atomic E-state index is 12.8. The van der Waals surface area contributed by atoms with Crippen molar-refractivity contribution in [3.05, 3.63) is 58.9 Å². The number of fused-ring (bicyclic) bond motifs is 1. The summed E-state index contributed by atoms with van der Waals surface area (Å²) in [4.78, 5) is 18.9. The Morgan fingerprint density at radius 1 is 1.35 bits per heavy atom. The molecule has 0 saturated carbocycles. The number of aromatic nitrogens is 1. The van der Waals surface area contributed by atoms with Crippen LogP contribution in [0.1, 0.15) is 48.6 Å². The van der Waals surface area contributed by atoms with Crippen molar-refractivity contribution in [1.82, 2.24) is 15.2 Å². The van der Waals surface area contributed by atoms with Crippen molar-refractivity contribution in [2.75, 3.05) is 13.7 Å². The number of ether oxygens (including phenoxy) is 1. The fraction of sp³-hybridized carbons (Fsp3) is 0.429. The predicted octanol–water partition coefficient (Wildman–Crippen LogP) is 3.87. The molecule has 1 unspecified atom stereocenters. The molecule has 0 bridgehead atoms. The van der Waals surface area contributed by atoms with E-state index in [9.17, 15) is 4.79 Å². The molecule has 2 aromatic rings. The first-order valence-corrected chi connectivity index (χ1v) is 9.26. The molecular weight excluding hydrogens is 326 g/mol. The number of amides is 2. The third kappa shape index (κ3) is 3.98. The van der Waals surface area contributed by atoms with Crippen LogP contribution in [0.5, 0.6) is 5.75 Å². The van der Waals surface area contributed by atoms with Gasteiger partial charge < -0.3 is 15.0 Å². The zero-order chi connectivity index (χ0) is 18.5. The summed E-state index contributed by atoms with van der Waals surface area (Å²) >= 11 is 0. The molecule has 0 saturated heterocycles. The largest absolute Gasteiger partial charge is 0.497 e. The maximum Gasteiger partial charge on any atom is 0.318 e. The molecule has 138 valence electrons. The zero-order valence-corrected chi connectivity index (χ0v) is 15.8. The van der Waals surface area contributed by atoms with E-state index in [0.717, 1.165) is 37.1 Å². The van der Waals surface area contributed by atoms with Gasteiger partial charge in [-0.3, -0.25) is 4.98 Å². The Kier molecular flexibility index (Phi) is 5.76. The SMILES string of the molecule is CCc1cnccc1C(C)NC(=O)N1CCCc2cc(OC)ccc2C1. The van der Waals surface area contributed by atoms with Gasteiger partial charge in [0, 0.05) is 25.5 Å². The van der Waals surface area contributed by atoms with Crippen molar-refractivity contribution in [1.29, 1.82) is 0 Å². The fourth-order valence-corrected chi connectivity index (χ4v) is 3.54. The number of pyridine rings is 1. The number of nitrogens with zero attached hydrogens (tertiary/aromatic N) is 2. The standard InChI is InChI=1S/C21H27N3O2/c1-4-16-13-22-10-9-20(16)15(2)23-21(25)24-11-5-6-17-12-19(26-3)8-7-18(17)14-24/h7-10,12-13,15H,4-6,11,14H2,1-3H3,(H,23,25). The van der Waals surface area contributed by atoms with E-state index in [0.29, 0.717) is 6.54 Å². The molecule has 5 nitrogen and oxygen atoms in total. The fourth-order valence-electron chi connectivity index (χ4n) is 3.54. The number of hydrogen-bond donors (Lipinski definition) is 1. The highest BCUT2D eigenvalue weighted by molar-refractivity contribution is 5.75. The van der Waals surface area contributed by atoms with E-state index in [-0.39, 0.29) is 12.1 Å². The molecule has 1 aromatic heterocycles. The maximum absolute atomic E-state index is 12.8. The van der Waals surface area contributed by atoms with Crippen LogP contribution in [0.2, 0.25) is 0 Å². The Hall–Kier alpha value is -2.56. The van der Waals surface area contributed by atoms with Crippen molar-refractivity contribution in [2.24, 2.45) is 0 Å². The molecule has 1 aliphatic rings. The summed E-state index contributed by atoms with van der Waals surface area (Å²) < 4.78 is 5.32. The number of carbonyl (C=O) groups is 1. The Balaban J connectivity index is 1.71. The topological polar surface area (TPSA) is 54.5 Å². The highest BCUT2D eigenvalue weighted by Crippen LogP contribution is 2.24. The minimum Gasteiger partial charge on any atom is -0.497 e. The minimum absolute atomic E-state index is 0.0139. The minimum atomic E-state index is -0.0426. The Labute approximate surface area is 155 Å². The first-order valence-electron chi connectivity index (χ1n) is 9.26. The van der Waals surface area contributed by atoms with Crippen LogP contribution in [-0.4, -0.2) is 29.6 Å². The summed E-state index contributed by atoms with van der Waals surface area (Å²) in [7, 11) is 1.68. The Morgan fingerprint density at radius 3 is 2.96 bits per heavy atom. The van der Waals surface area contributed by atoms with E-state index in [2.05, 4.69) is 29.4 Å². The summed E-state index contributed by atoms with van der Waals surface area (Å²) in [6.45, 7) is 5.53. The van der Waals surface area contributed by atoms with Crippen LogP contribution in [0.3, 0.4) is 0 Å². The monoisotopic (exact) mass is 353 g/mol. The molecule has 5 heteroatoms. The lowest BCUT2D eigenvalue weighted by molar-refractivity contribution is 0.192. The van der Waals surface area contributed by atoms with Crippen molar-refractivity contribution in [3.63, 3.8) is 0 Å². The quantitative estimate of drug-likeness (QED) is 0.908. The second-order valence-electron chi connectivity index (χ2n) is 6.76. The summed E-state index contributed by atoms with van der Waals surface area (Å²) in [5.41, 5.74) is 4.78. The molecule has 0 spiro atoms. The van der Waals surface area contributed by atoms with Gasteiger partial charge in [0.15, 0.2) is 0 Å². The molecule has 0 fully saturated rings. The number of hydrogen-bond acceptors (Lipinski definition) is 3. The molecule has 2 heterocycles. The summed E-state index contributed by atoms with van der Waals surface area (Å²) in [5.74, 6) is 0.875. The van der Waals surface area contributed by atoms with Crippen LogP contribution in [0.15, 0.2) is 36.7 Å². The number of benzene rings is 1. The van der Waals surface area contributed by atoms with Gasteiger partial charge in [-0.2, -0.15) is 0 Å². The van der Waals surface area contributed by atoms with Crippen molar-refractivity contribution >= 4 is 6.03 Å². The normalized spacial score (nSPS) is 15.0. The molecule has 0 aliphatic carbocycles. The number of urea groups is 1. The van der Waals surface area contributed by atoms with E-state index in [4.69, 9.17) is 4.74 Å². The number of rotatable bonds is 4. The second-order valence-corrected chi connectivity index (χ2v) is 6.76. The molecule has 0 radical (unpaired) electrons. The molecule has 1 aromatic carbocycles. The average Bonchev–Trinajstić information content (AvgIpc) is 2.89. The molecule has 1 atom stereocenters. The molecule has 1 N–H and O–H groups in total. The van der Waals surface area contributed by atoms with Crippen LogP contribution >= 0.6 is 0 Å². The molecule has 3 rings (SSSR count). The van der Waals surface area contributed by atoms with Gasteiger partial charge in [0.2, 0.25) is 0 Å². The van der Waals surface area contributed by atoms with Crippen LogP contribution in [0.4, 0.5) is 4.79 Å².